The van der Waals surface area contributed by atoms with Gasteiger partial charge in [0.1, 0.15) is 5.15 Å². The molecule has 0 unspecified atom stereocenters. The maximum atomic E-state index is 11.6. The summed E-state index contributed by atoms with van der Waals surface area (Å²) in [5.74, 6) is -0.481. The zero-order chi connectivity index (χ0) is 13.1. The number of rotatable bonds is 5. The molecule has 1 aromatic heterocycles. The summed E-state index contributed by atoms with van der Waals surface area (Å²) in [6.07, 6.45) is 1.23. The predicted octanol–water partition coefficient (Wildman–Crippen LogP) is -0.698. The number of nitrogens with two attached hydrogens (primary N) is 1. The standard InChI is InChI=1S/C7H10ClN3O4S2/c8-7-5-6(1-2-10-7)17(14,15)11-3-4-16(9,12)13/h1-2,5,11H,3-4H2,(H2,9,12,13). The van der Waals surface area contributed by atoms with E-state index >= 15 is 0 Å². The third-order valence-corrected chi connectivity index (χ3v) is 4.13. The summed E-state index contributed by atoms with van der Waals surface area (Å²) >= 11 is 5.54. The van der Waals surface area contributed by atoms with Crippen molar-refractivity contribution in [3.8, 4) is 0 Å². The third-order valence-electron chi connectivity index (χ3n) is 1.69. The number of halogens is 1. The van der Waals surface area contributed by atoms with Crippen LogP contribution in [0.5, 0.6) is 0 Å². The minimum absolute atomic E-state index is 0.0271. The van der Waals surface area contributed by atoms with Crippen LogP contribution in [-0.4, -0.2) is 34.1 Å². The molecule has 0 amide bonds. The van der Waals surface area contributed by atoms with Gasteiger partial charge in [-0.1, -0.05) is 11.6 Å². The molecule has 0 fully saturated rings. The van der Waals surface area contributed by atoms with Crippen molar-refractivity contribution in [2.75, 3.05) is 12.3 Å². The lowest BCUT2D eigenvalue weighted by atomic mass is 10.5. The average molecular weight is 300 g/mol. The van der Waals surface area contributed by atoms with E-state index in [-0.39, 0.29) is 16.6 Å². The molecule has 17 heavy (non-hydrogen) atoms. The lowest BCUT2D eigenvalue weighted by Crippen LogP contribution is -2.31. The molecule has 7 nitrogen and oxygen atoms in total. The van der Waals surface area contributed by atoms with Gasteiger partial charge < -0.3 is 0 Å². The summed E-state index contributed by atoms with van der Waals surface area (Å²) in [6, 6.07) is 2.39. The number of pyridine rings is 1. The normalized spacial score (nSPS) is 12.6. The molecule has 0 saturated heterocycles. The molecule has 0 saturated carbocycles. The van der Waals surface area contributed by atoms with Crippen molar-refractivity contribution in [2.24, 2.45) is 5.14 Å². The van der Waals surface area contributed by atoms with Gasteiger partial charge in [-0.15, -0.1) is 0 Å². The van der Waals surface area contributed by atoms with Crippen LogP contribution in [0.15, 0.2) is 23.2 Å². The Labute approximate surface area is 104 Å². The van der Waals surface area contributed by atoms with Crippen molar-refractivity contribution in [3.63, 3.8) is 0 Å². The second-order valence-corrected chi connectivity index (χ2v) is 6.97. The highest BCUT2D eigenvalue weighted by atomic mass is 35.5. The number of sulfonamides is 2. The van der Waals surface area contributed by atoms with Crippen LogP contribution < -0.4 is 9.86 Å². The van der Waals surface area contributed by atoms with Gasteiger partial charge in [0, 0.05) is 12.7 Å². The van der Waals surface area contributed by atoms with Gasteiger partial charge in [0.2, 0.25) is 20.0 Å². The summed E-state index contributed by atoms with van der Waals surface area (Å²) in [7, 11) is -7.50. The monoisotopic (exact) mass is 299 g/mol. The molecule has 0 radical (unpaired) electrons. The molecule has 96 valence electrons. The summed E-state index contributed by atoms with van der Waals surface area (Å²) in [5.41, 5.74) is 0. The van der Waals surface area contributed by atoms with E-state index in [1.165, 1.54) is 12.3 Å². The van der Waals surface area contributed by atoms with E-state index in [9.17, 15) is 16.8 Å². The average Bonchev–Trinajstić information content (AvgIpc) is 2.15. The van der Waals surface area contributed by atoms with Crippen LogP contribution in [0.25, 0.3) is 0 Å². The van der Waals surface area contributed by atoms with Crippen LogP contribution in [0.1, 0.15) is 0 Å². The highest BCUT2D eigenvalue weighted by Gasteiger charge is 2.15. The second kappa shape index (κ2) is 5.27. The Bertz CT molecular complexity index is 599. The topological polar surface area (TPSA) is 119 Å². The van der Waals surface area contributed by atoms with Gasteiger partial charge in [0.05, 0.1) is 10.6 Å². The van der Waals surface area contributed by atoms with E-state index < -0.39 is 25.8 Å². The fourth-order valence-corrected chi connectivity index (χ4v) is 2.75. The lowest BCUT2D eigenvalue weighted by Gasteiger charge is -2.05. The van der Waals surface area contributed by atoms with Crippen molar-refractivity contribution in [3.05, 3.63) is 23.5 Å². The Balaban J connectivity index is 2.77. The SMILES string of the molecule is NS(=O)(=O)CCNS(=O)(=O)c1ccnc(Cl)c1. The van der Waals surface area contributed by atoms with Crippen LogP contribution >= 0.6 is 11.6 Å². The van der Waals surface area contributed by atoms with Gasteiger partial charge in [-0.2, -0.15) is 0 Å². The van der Waals surface area contributed by atoms with E-state index in [1.54, 1.807) is 0 Å². The molecular formula is C7H10ClN3O4S2. The molecule has 0 atom stereocenters. The van der Waals surface area contributed by atoms with E-state index in [4.69, 9.17) is 16.7 Å². The van der Waals surface area contributed by atoms with Gasteiger partial charge in [-0.05, 0) is 12.1 Å². The smallest absolute Gasteiger partial charge is 0.240 e. The summed E-state index contributed by atoms with van der Waals surface area (Å²) in [5, 5.41) is 4.76. The third kappa shape index (κ3) is 4.96. The molecule has 0 spiro atoms. The minimum Gasteiger partial charge on any atom is -0.244 e. The molecular weight excluding hydrogens is 290 g/mol. The number of nitrogens with zero attached hydrogens (tertiary/aromatic N) is 1. The molecule has 0 aliphatic rings. The fourth-order valence-electron chi connectivity index (χ4n) is 0.953. The Kier molecular flexibility index (Phi) is 4.44. The molecule has 0 aliphatic carbocycles. The molecule has 0 aromatic carbocycles. The lowest BCUT2D eigenvalue weighted by molar-refractivity contribution is 0.581. The Morgan fingerprint density at radius 3 is 2.53 bits per heavy atom. The fraction of sp³-hybridized carbons (Fsp3) is 0.286. The zero-order valence-electron chi connectivity index (χ0n) is 8.50. The Morgan fingerprint density at radius 1 is 1.35 bits per heavy atom. The largest absolute Gasteiger partial charge is 0.244 e. The second-order valence-electron chi connectivity index (χ2n) is 3.08. The van der Waals surface area contributed by atoms with Crippen LogP contribution in [0, 0.1) is 0 Å². The quantitative estimate of drug-likeness (QED) is 0.697. The molecule has 1 aromatic rings. The van der Waals surface area contributed by atoms with Crippen molar-refractivity contribution in [1.82, 2.24) is 9.71 Å². The molecule has 3 N–H and O–H groups in total. The van der Waals surface area contributed by atoms with Crippen LogP contribution in [0.2, 0.25) is 5.15 Å². The first-order valence-electron chi connectivity index (χ1n) is 4.32. The minimum atomic E-state index is -3.80. The highest BCUT2D eigenvalue weighted by molar-refractivity contribution is 7.90. The molecule has 0 aliphatic heterocycles. The summed E-state index contributed by atoms with van der Waals surface area (Å²) in [6.45, 7) is -0.304. The van der Waals surface area contributed by atoms with Crippen molar-refractivity contribution < 1.29 is 16.8 Å². The van der Waals surface area contributed by atoms with Crippen LogP contribution in [0.3, 0.4) is 0 Å². The Morgan fingerprint density at radius 2 is 2.00 bits per heavy atom. The first-order chi connectivity index (χ1) is 7.71. The highest BCUT2D eigenvalue weighted by Crippen LogP contribution is 2.12. The number of aromatic nitrogens is 1. The number of nitrogens with one attached hydrogen (secondary N) is 1. The van der Waals surface area contributed by atoms with Crippen molar-refractivity contribution >= 4 is 31.6 Å². The summed E-state index contributed by atoms with van der Waals surface area (Å²) < 4.78 is 46.6. The molecule has 0 bridgehead atoms. The number of hydrogen-bond acceptors (Lipinski definition) is 5. The van der Waals surface area contributed by atoms with Crippen LogP contribution in [-0.2, 0) is 20.0 Å². The first kappa shape index (κ1) is 14.3. The predicted molar refractivity (Wildman–Crippen MR) is 62.4 cm³/mol. The molecule has 10 heteroatoms. The van der Waals surface area contributed by atoms with E-state index in [1.807, 2.05) is 0 Å². The van der Waals surface area contributed by atoms with Crippen molar-refractivity contribution in [1.29, 1.82) is 0 Å². The van der Waals surface area contributed by atoms with Gasteiger partial charge in [-0.25, -0.2) is 31.7 Å². The van der Waals surface area contributed by atoms with E-state index in [0.717, 1.165) is 6.07 Å². The first-order valence-corrected chi connectivity index (χ1v) is 7.90. The number of hydrogen-bond donors (Lipinski definition) is 2. The molecule has 1 rings (SSSR count). The van der Waals surface area contributed by atoms with Gasteiger partial charge in [0.25, 0.3) is 0 Å². The number of primary sulfonamides is 1. The Hall–Kier alpha value is -0.740. The van der Waals surface area contributed by atoms with Gasteiger partial charge in [-0.3, -0.25) is 0 Å². The zero-order valence-corrected chi connectivity index (χ0v) is 10.9. The summed E-state index contributed by atoms with van der Waals surface area (Å²) in [4.78, 5) is 3.54. The maximum absolute atomic E-state index is 11.6. The van der Waals surface area contributed by atoms with Gasteiger partial charge >= 0.3 is 0 Å². The van der Waals surface area contributed by atoms with Crippen molar-refractivity contribution in [2.45, 2.75) is 4.90 Å². The molecule has 1 heterocycles. The maximum Gasteiger partial charge on any atom is 0.240 e. The van der Waals surface area contributed by atoms with E-state index in [2.05, 4.69) is 9.71 Å². The van der Waals surface area contributed by atoms with Crippen LogP contribution in [0.4, 0.5) is 0 Å². The van der Waals surface area contributed by atoms with E-state index in [0.29, 0.717) is 0 Å². The van der Waals surface area contributed by atoms with Gasteiger partial charge in [0.15, 0.2) is 0 Å².